The Labute approximate surface area is 126 Å². The van der Waals surface area contributed by atoms with Gasteiger partial charge in [-0.25, -0.2) is 0 Å². The molecule has 3 atom stereocenters. The number of carboxylic acid groups (broad SMARTS) is 1. The lowest BCUT2D eigenvalue weighted by atomic mass is 9.98. The topological polar surface area (TPSA) is 49.8 Å². The molecule has 0 amide bonds. The molecule has 2 rings (SSSR count). The van der Waals surface area contributed by atoms with Crippen molar-refractivity contribution < 1.29 is 14.6 Å². The van der Waals surface area contributed by atoms with Crippen LogP contribution in [0.25, 0.3) is 0 Å². The van der Waals surface area contributed by atoms with Gasteiger partial charge in [0.2, 0.25) is 0 Å². The maximum Gasteiger partial charge on any atom is 0.310 e. The number of hydrogen-bond donors (Lipinski definition) is 1. The summed E-state index contributed by atoms with van der Waals surface area (Å²) in [5.41, 5.74) is 2.57. The monoisotopic (exact) mass is 291 g/mol. The minimum atomic E-state index is -0.769. The standard InChI is InChI=1S/C17H25NO3/c1-4-5-13-6-8-14(9-7-13)12(2)18(3)16-11-21-10-15(16)17(19)20/h6-9,12,15-16H,4-5,10-11H2,1-3H3,(H,19,20). The van der Waals surface area contributed by atoms with Crippen molar-refractivity contribution >= 4 is 5.97 Å². The van der Waals surface area contributed by atoms with E-state index in [1.165, 1.54) is 11.1 Å². The van der Waals surface area contributed by atoms with E-state index < -0.39 is 11.9 Å². The zero-order chi connectivity index (χ0) is 15.4. The van der Waals surface area contributed by atoms with Crippen LogP contribution in [0.5, 0.6) is 0 Å². The molecule has 116 valence electrons. The van der Waals surface area contributed by atoms with Crippen LogP contribution < -0.4 is 0 Å². The second-order valence-electron chi connectivity index (χ2n) is 5.88. The number of likely N-dealkylation sites (N-methyl/N-ethyl adjacent to an activating group) is 1. The fourth-order valence-corrected chi connectivity index (χ4v) is 2.95. The lowest BCUT2D eigenvalue weighted by Gasteiger charge is -2.32. The normalized spacial score (nSPS) is 23.4. The number of rotatable bonds is 6. The first-order valence-electron chi connectivity index (χ1n) is 7.66. The van der Waals surface area contributed by atoms with E-state index in [0.29, 0.717) is 13.2 Å². The molecule has 4 heteroatoms. The van der Waals surface area contributed by atoms with Crippen LogP contribution >= 0.6 is 0 Å². The highest BCUT2D eigenvalue weighted by Gasteiger charge is 2.38. The van der Waals surface area contributed by atoms with Gasteiger partial charge in [0.1, 0.15) is 0 Å². The summed E-state index contributed by atoms with van der Waals surface area (Å²) in [5.74, 6) is -1.20. The first-order valence-corrected chi connectivity index (χ1v) is 7.66. The zero-order valence-electron chi connectivity index (χ0n) is 13.1. The van der Waals surface area contributed by atoms with E-state index in [0.717, 1.165) is 12.8 Å². The fourth-order valence-electron chi connectivity index (χ4n) is 2.95. The molecule has 1 aromatic rings. The largest absolute Gasteiger partial charge is 0.481 e. The molecule has 1 aliphatic heterocycles. The van der Waals surface area contributed by atoms with Crippen LogP contribution in [0.1, 0.15) is 37.4 Å². The minimum Gasteiger partial charge on any atom is -0.481 e. The van der Waals surface area contributed by atoms with E-state index in [1.807, 2.05) is 7.05 Å². The first-order chi connectivity index (χ1) is 10.0. The fraction of sp³-hybridized carbons (Fsp3) is 0.588. The van der Waals surface area contributed by atoms with Crippen molar-refractivity contribution in [1.29, 1.82) is 0 Å². The van der Waals surface area contributed by atoms with Gasteiger partial charge in [-0.3, -0.25) is 9.69 Å². The number of carbonyl (C=O) groups is 1. The maximum absolute atomic E-state index is 11.3. The van der Waals surface area contributed by atoms with Crippen molar-refractivity contribution in [2.24, 2.45) is 5.92 Å². The van der Waals surface area contributed by atoms with Crippen LogP contribution in [0.2, 0.25) is 0 Å². The molecule has 1 saturated heterocycles. The quantitative estimate of drug-likeness (QED) is 0.875. The van der Waals surface area contributed by atoms with Crippen molar-refractivity contribution in [2.75, 3.05) is 20.3 Å². The predicted octanol–water partition coefficient (Wildman–Crippen LogP) is 2.73. The van der Waals surface area contributed by atoms with Crippen molar-refractivity contribution in [3.63, 3.8) is 0 Å². The molecule has 1 heterocycles. The van der Waals surface area contributed by atoms with Gasteiger partial charge in [-0.15, -0.1) is 0 Å². The average molecular weight is 291 g/mol. The van der Waals surface area contributed by atoms with Crippen LogP contribution in [0.3, 0.4) is 0 Å². The van der Waals surface area contributed by atoms with Crippen molar-refractivity contribution in [3.05, 3.63) is 35.4 Å². The number of carboxylic acids is 1. The Balaban J connectivity index is 2.07. The lowest BCUT2D eigenvalue weighted by molar-refractivity contribution is -0.143. The summed E-state index contributed by atoms with van der Waals surface area (Å²) in [6, 6.07) is 8.75. The van der Waals surface area contributed by atoms with E-state index in [9.17, 15) is 9.90 Å². The molecule has 21 heavy (non-hydrogen) atoms. The minimum absolute atomic E-state index is 0.0622. The molecule has 0 aliphatic carbocycles. The molecule has 3 unspecified atom stereocenters. The molecule has 0 radical (unpaired) electrons. The molecule has 1 N–H and O–H groups in total. The zero-order valence-corrected chi connectivity index (χ0v) is 13.1. The smallest absolute Gasteiger partial charge is 0.310 e. The summed E-state index contributed by atoms with van der Waals surface area (Å²) in [7, 11) is 1.99. The SMILES string of the molecule is CCCc1ccc(C(C)N(C)C2COCC2C(=O)O)cc1. The Morgan fingerprint density at radius 2 is 2.05 bits per heavy atom. The summed E-state index contributed by atoms with van der Waals surface area (Å²) in [5, 5.41) is 9.27. The highest BCUT2D eigenvalue weighted by atomic mass is 16.5. The molecule has 4 nitrogen and oxygen atoms in total. The van der Waals surface area contributed by atoms with Crippen LogP contribution in [0, 0.1) is 5.92 Å². The summed E-state index contributed by atoms with van der Waals surface area (Å²) in [6.07, 6.45) is 2.25. The summed E-state index contributed by atoms with van der Waals surface area (Å²) in [6.45, 7) is 5.10. The highest BCUT2D eigenvalue weighted by Crippen LogP contribution is 2.27. The van der Waals surface area contributed by atoms with Crippen molar-refractivity contribution in [1.82, 2.24) is 4.90 Å². The number of ether oxygens (including phenoxy) is 1. The van der Waals surface area contributed by atoms with Gasteiger partial charge in [-0.05, 0) is 31.5 Å². The van der Waals surface area contributed by atoms with Crippen molar-refractivity contribution in [2.45, 2.75) is 38.8 Å². The van der Waals surface area contributed by atoms with Gasteiger partial charge in [-0.1, -0.05) is 37.6 Å². The molecule has 1 aromatic carbocycles. The molecular weight excluding hydrogens is 266 g/mol. The maximum atomic E-state index is 11.3. The van der Waals surface area contributed by atoms with E-state index in [1.54, 1.807) is 0 Å². The Hall–Kier alpha value is -1.39. The second-order valence-corrected chi connectivity index (χ2v) is 5.88. The van der Waals surface area contributed by atoms with E-state index in [-0.39, 0.29) is 12.1 Å². The van der Waals surface area contributed by atoms with Crippen LogP contribution in [0.4, 0.5) is 0 Å². The summed E-state index contributed by atoms with van der Waals surface area (Å²) >= 11 is 0. The van der Waals surface area contributed by atoms with Gasteiger partial charge < -0.3 is 9.84 Å². The number of nitrogens with zero attached hydrogens (tertiary/aromatic N) is 1. The molecule has 0 spiro atoms. The number of hydrogen-bond acceptors (Lipinski definition) is 3. The van der Waals surface area contributed by atoms with Gasteiger partial charge in [0.15, 0.2) is 0 Å². The van der Waals surface area contributed by atoms with Gasteiger partial charge in [-0.2, -0.15) is 0 Å². The van der Waals surface area contributed by atoms with E-state index >= 15 is 0 Å². The van der Waals surface area contributed by atoms with E-state index in [4.69, 9.17) is 4.74 Å². The van der Waals surface area contributed by atoms with Crippen LogP contribution in [-0.2, 0) is 16.0 Å². The van der Waals surface area contributed by atoms with Gasteiger partial charge >= 0.3 is 5.97 Å². The lowest BCUT2D eigenvalue weighted by Crippen LogP contribution is -2.42. The number of aryl methyl sites for hydroxylation is 1. The van der Waals surface area contributed by atoms with E-state index in [2.05, 4.69) is 43.0 Å². The Morgan fingerprint density at radius 1 is 1.38 bits per heavy atom. The average Bonchev–Trinajstić information content (AvgIpc) is 2.96. The summed E-state index contributed by atoms with van der Waals surface area (Å²) in [4.78, 5) is 13.4. The van der Waals surface area contributed by atoms with Crippen LogP contribution in [0.15, 0.2) is 24.3 Å². The third-order valence-electron chi connectivity index (χ3n) is 4.50. The second kappa shape index (κ2) is 7.05. The third kappa shape index (κ3) is 3.63. The molecule has 0 aromatic heterocycles. The van der Waals surface area contributed by atoms with Crippen molar-refractivity contribution in [3.8, 4) is 0 Å². The van der Waals surface area contributed by atoms with Crippen LogP contribution in [-0.4, -0.2) is 42.3 Å². The third-order valence-corrected chi connectivity index (χ3v) is 4.50. The molecule has 0 saturated carbocycles. The highest BCUT2D eigenvalue weighted by molar-refractivity contribution is 5.71. The molecule has 0 bridgehead atoms. The number of aliphatic carboxylic acids is 1. The Kier molecular flexibility index (Phi) is 5.37. The Bertz CT molecular complexity index is 471. The number of benzene rings is 1. The summed E-state index contributed by atoms with van der Waals surface area (Å²) < 4.78 is 5.37. The molecule has 1 aliphatic rings. The van der Waals surface area contributed by atoms with Gasteiger partial charge in [0.05, 0.1) is 19.1 Å². The van der Waals surface area contributed by atoms with Gasteiger partial charge in [0.25, 0.3) is 0 Å². The van der Waals surface area contributed by atoms with Gasteiger partial charge in [0, 0.05) is 12.1 Å². The molecule has 1 fully saturated rings. The molecular formula is C17H25NO3. The predicted molar refractivity (Wildman–Crippen MR) is 82.3 cm³/mol. The Morgan fingerprint density at radius 3 is 2.62 bits per heavy atom. The first kappa shape index (κ1) is 16.0.